The normalized spacial score (nSPS) is 16.5. The number of phenols is 3. The zero-order valence-corrected chi connectivity index (χ0v) is 34.8. The predicted octanol–water partition coefficient (Wildman–Crippen LogP) is 9.16. The van der Waals surface area contributed by atoms with Gasteiger partial charge in [-0.1, -0.05) is 143 Å². The standard InChI is InChI=1S/C45H65N3O3/c1-40(2,3)25-19-28(34(49)31(22-25)43(10,11)12)37-46-38(29-20-26(41(4,5)6)23-32(35(29)50)44(13,14)15)48-39(47-37)30-21-27(42(7,8)9)24-33(36(30)51)45(16,17)18/h19-24,37,49-51H,1-18H3,(H,46,47,48)/p+1. The van der Waals surface area contributed by atoms with E-state index < -0.39 is 6.17 Å². The van der Waals surface area contributed by atoms with Crippen LogP contribution < -0.4 is 10.3 Å². The highest BCUT2D eigenvalue weighted by Gasteiger charge is 2.37. The summed E-state index contributed by atoms with van der Waals surface area (Å²) in [6.45, 7) is 38.5. The van der Waals surface area contributed by atoms with Crippen molar-refractivity contribution in [3.8, 4) is 17.2 Å². The monoisotopic (exact) mass is 697 g/mol. The van der Waals surface area contributed by atoms with Crippen LogP contribution in [0.5, 0.6) is 17.2 Å². The van der Waals surface area contributed by atoms with Crippen molar-refractivity contribution in [2.24, 2.45) is 4.99 Å². The largest absolute Gasteiger partial charge is 0.507 e. The molecule has 0 fully saturated rings. The van der Waals surface area contributed by atoms with Crippen LogP contribution in [-0.4, -0.2) is 27.0 Å². The molecule has 0 radical (unpaired) electrons. The molecule has 1 heterocycles. The lowest BCUT2D eigenvalue weighted by atomic mass is 9.78. The Morgan fingerprint density at radius 3 is 1.22 bits per heavy atom. The highest BCUT2D eigenvalue weighted by molar-refractivity contribution is 6.15. The molecule has 0 aliphatic carbocycles. The number of rotatable bonds is 3. The van der Waals surface area contributed by atoms with E-state index in [0.717, 1.165) is 33.4 Å². The third kappa shape index (κ3) is 8.31. The minimum atomic E-state index is -0.744. The summed E-state index contributed by atoms with van der Waals surface area (Å²) >= 11 is 0. The van der Waals surface area contributed by atoms with Crippen molar-refractivity contribution in [1.29, 1.82) is 0 Å². The van der Waals surface area contributed by atoms with Gasteiger partial charge in [0.1, 0.15) is 22.8 Å². The second-order valence-electron chi connectivity index (χ2n) is 20.8. The number of nitrogens with one attached hydrogen (secondary N) is 2. The number of nitrogens with zero attached hydrogens (tertiary/aromatic N) is 1. The van der Waals surface area contributed by atoms with E-state index in [4.69, 9.17) is 4.99 Å². The van der Waals surface area contributed by atoms with Crippen molar-refractivity contribution in [3.63, 3.8) is 0 Å². The molecule has 0 aromatic heterocycles. The van der Waals surface area contributed by atoms with Crippen molar-refractivity contribution < 1.29 is 20.3 Å². The Labute approximate surface area is 308 Å². The minimum absolute atomic E-state index is 0.160. The molecule has 1 aliphatic heterocycles. The van der Waals surface area contributed by atoms with Gasteiger partial charge in [-0.3, -0.25) is 0 Å². The first-order chi connectivity index (χ1) is 22.8. The summed E-state index contributed by atoms with van der Waals surface area (Å²) in [7, 11) is 0. The zero-order valence-electron chi connectivity index (χ0n) is 34.8. The first kappa shape index (κ1) is 40.0. The Bertz CT molecular complexity index is 1790. The predicted molar refractivity (Wildman–Crippen MR) is 214 cm³/mol. The molecule has 3 aromatic rings. The summed E-state index contributed by atoms with van der Waals surface area (Å²) in [6.07, 6.45) is -0.744. The molecule has 278 valence electrons. The van der Waals surface area contributed by atoms with Crippen LogP contribution in [0, 0.1) is 0 Å². The van der Waals surface area contributed by atoms with Gasteiger partial charge in [-0.05, 0) is 67.4 Å². The van der Waals surface area contributed by atoms with Gasteiger partial charge < -0.3 is 15.3 Å². The molecule has 0 saturated heterocycles. The van der Waals surface area contributed by atoms with Gasteiger partial charge in [0, 0.05) is 16.7 Å². The average Bonchev–Trinajstić information content (AvgIpc) is 2.93. The van der Waals surface area contributed by atoms with Gasteiger partial charge in [0.05, 0.1) is 11.1 Å². The first-order valence-electron chi connectivity index (χ1n) is 18.4. The zero-order chi connectivity index (χ0) is 39.0. The number of phenolic OH excluding ortho intramolecular Hbond substituents is 3. The second-order valence-corrected chi connectivity index (χ2v) is 20.8. The molecule has 51 heavy (non-hydrogen) atoms. The maximum atomic E-state index is 12.1. The van der Waals surface area contributed by atoms with E-state index in [9.17, 15) is 15.3 Å². The fourth-order valence-corrected chi connectivity index (χ4v) is 6.43. The van der Waals surface area contributed by atoms with Crippen molar-refractivity contribution in [3.05, 3.63) is 86.5 Å². The molecule has 4 rings (SSSR count). The lowest BCUT2D eigenvalue weighted by molar-refractivity contribution is -0.510. The van der Waals surface area contributed by atoms with E-state index in [1.165, 1.54) is 0 Å². The average molecular weight is 697 g/mol. The number of benzene rings is 3. The molecule has 0 spiro atoms. The number of aromatic hydroxyl groups is 3. The Balaban J connectivity index is 2.18. The Hall–Kier alpha value is -3.80. The molecule has 1 unspecified atom stereocenters. The molecular weight excluding hydrogens is 631 g/mol. The van der Waals surface area contributed by atoms with E-state index in [1.54, 1.807) is 0 Å². The maximum absolute atomic E-state index is 12.1. The molecule has 6 heteroatoms. The topological polar surface area (TPSA) is 99.1 Å². The number of amidine groups is 2. The highest BCUT2D eigenvalue weighted by Crippen LogP contribution is 2.42. The van der Waals surface area contributed by atoms with Crippen LogP contribution in [0.3, 0.4) is 0 Å². The fourth-order valence-electron chi connectivity index (χ4n) is 6.43. The summed E-state index contributed by atoms with van der Waals surface area (Å²) in [5.41, 5.74) is 5.91. The van der Waals surface area contributed by atoms with Gasteiger partial charge in [-0.15, -0.1) is 0 Å². The molecule has 0 bridgehead atoms. The third-order valence-electron chi connectivity index (χ3n) is 9.98. The van der Waals surface area contributed by atoms with Gasteiger partial charge >= 0.3 is 0 Å². The molecule has 0 saturated carbocycles. The highest BCUT2D eigenvalue weighted by atomic mass is 16.3. The molecular formula is C45H66N3O3+. The molecule has 6 nitrogen and oxygen atoms in total. The Morgan fingerprint density at radius 2 is 0.824 bits per heavy atom. The lowest BCUT2D eigenvalue weighted by Gasteiger charge is -2.30. The van der Waals surface area contributed by atoms with Gasteiger partial charge in [0.2, 0.25) is 12.0 Å². The van der Waals surface area contributed by atoms with Gasteiger partial charge in [0.25, 0.3) is 5.84 Å². The van der Waals surface area contributed by atoms with E-state index in [1.807, 2.05) is 18.2 Å². The fraction of sp³-hybridized carbons (Fsp3) is 0.556. The molecule has 0 amide bonds. The molecule has 1 atom stereocenters. The SMILES string of the molecule is CC(C)(C)c1cc(C2=NC(c3cc(C(C)(C)C)cc(C(C)(C)C)c3O)[NH+]=C(c3cc(C(C)(C)C)cc(C(C)(C)C)c3O)N2)c(O)c(C(C)(C)C)c1. The molecule has 5 N–H and O–H groups in total. The molecule has 1 aliphatic rings. The summed E-state index contributed by atoms with van der Waals surface area (Å²) in [4.78, 5) is 8.86. The van der Waals surface area contributed by atoms with E-state index in [0.29, 0.717) is 28.4 Å². The van der Waals surface area contributed by atoms with Crippen LogP contribution >= 0.6 is 0 Å². The number of aliphatic imine (C=N–C) groups is 1. The first-order valence-corrected chi connectivity index (χ1v) is 18.4. The number of hydrogen-bond acceptors (Lipinski definition) is 5. The van der Waals surface area contributed by atoms with Gasteiger partial charge in [-0.25, -0.2) is 10.3 Å². The summed E-state index contributed by atoms with van der Waals surface area (Å²) in [5, 5.41) is 39.7. The summed E-state index contributed by atoms with van der Waals surface area (Å²) in [6, 6.07) is 12.4. The van der Waals surface area contributed by atoms with Crippen LogP contribution in [0.25, 0.3) is 0 Å². The van der Waals surface area contributed by atoms with Gasteiger partial charge in [-0.2, -0.15) is 4.99 Å². The summed E-state index contributed by atoms with van der Waals surface area (Å²) in [5.74, 6) is 1.53. The van der Waals surface area contributed by atoms with Crippen molar-refractivity contribution in [2.75, 3.05) is 0 Å². The van der Waals surface area contributed by atoms with Crippen molar-refractivity contribution >= 4 is 11.7 Å². The lowest BCUT2D eigenvalue weighted by Crippen LogP contribution is -2.80. The smallest absolute Gasteiger partial charge is 0.287 e. The third-order valence-corrected chi connectivity index (χ3v) is 9.98. The van der Waals surface area contributed by atoms with Crippen LogP contribution in [0.1, 0.15) is 181 Å². The second kappa shape index (κ2) is 12.7. The van der Waals surface area contributed by atoms with E-state index in [2.05, 4.69) is 153 Å². The van der Waals surface area contributed by atoms with Crippen LogP contribution in [0.2, 0.25) is 0 Å². The van der Waals surface area contributed by atoms with Crippen LogP contribution in [-0.2, 0) is 32.5 Å². The van der Waals surface area contributed by atoms with Gasteiger partial charge in [0.15, 0.2) is 0 Å². The Kier molecular flexibility index (Phi) is 9.96. The van der Waals surface area contributed by atoms with Crippen molar-refractivity contribution in [2.45, 2.75) is 163 Å². The number of hydrogen-bond donors (Lipinski definition) is 5. The van der Waals surface area contributed by atoms with E-state index >= 15 is 0 Å². The Morgan fingerprint density at radius 1 is 0.471 bits per heavy atom. The maximum Gasteiger partial charge on any atom is 0.287 e. The van der Waals surface area contributed by atoms with Crippen molar-refractivity contribution in [1.82, 2.24) is 5.32 Å². The minimum Gasteiger partial charge on any atom is -0.507 e. The van der Waals surface area contributed by atoms with Crippen LogP contribution in [0.15, 0.2) is 41.4 Å². The van der Waals surface area contributed by atoms with Crippen LogP contribution in [0.4, 0.5) is 0 Å². The molecule has 3 aromatic carbocycles. The van der Waals surface area contributed by atoms with E-state index in [-0.39, 0.29) is 49.7 Å². The quantitative estimate of drug-likeness (QED) is 0.189. The summed E-state index contributed by atoms with van der Waals surface area (Å²) < 4.78 is 0.